The van der Waals surface area contributed by atoms with Gasteiger partial charge in [0.15, 0.2) is 0 Å². The molecule has 0 aliphatic heterocycles. The SMILES string of the molecule is COc1cccc(-c2nc(-c3ccc(NC(C)=O)cc3NC(C)=O)cs2)c1. The first kappa shape index (κ1) is 18.6. The number of thiazole rings is 1. The van der Waals surface area contributed by atoms with E-state index < -0.39 is 0 Å². The molecule has 0 radical (unpaired) electrons. The maximum atomic E-state index is 11.6. The van der Waals surface area contributed by atoms with Crippen LogP contribution < -0.4 is 15.4 Å². The first-order valence-corrected chi connectivity index (χ1v) is 9.14. The molecule has 6 nitrogen and oxygen atoms in total. The van der Waals surface area contributed by atoms with E-state index in [0.717, 1.165) is 27.6 Å². The number of ether oxygens (including phenoxy) is 1. The van der Waals surface area contributed by atoms with Crippen molar-refractivity contribution in [2.24, 2.45) is 0 Å². The molecule has 0 fully saturated rings. The molecule has 7 heteroatoms. The van der Waals surface area contributed by atoms with Gasteiger partial charge in [-0.1, -0.05) is 12.1 Å². The highest BCUT2D eigenvalue weighted by atomic mass is 32.1. The molecule has 0 spiro atoms. The molecule has 1 heterocycles. The highest BCUT2D eigenvalue weighted by molar-refractivity contribution is 7.13. The average molecular weight is 381 g/mol. The van der Waals surface area contributed by atoms with E-state index in [1.165, 1.54) is 25.2 Å². The minimum absolute atomic E-state index is 0.175. The van der Waals surface area contributed by atoms with E-state index in [0.29, 0.717) is 11.4 Å². The highest BCUT2D eigenvalue weighted by Gasteiger charge is 2.13. The van der Waals surface area contributed by atoms with Crippen molar-refractivity contribution < 1.29 is 14.3 Å². The Bertz CT molecular complexity index is 998. The predicted molar refractivity (Wildman–Crippen MR) is 108 cm³/mol. The van der Waals surface area contributed by atoms with Crippen LogP contribution in [-0.4, -0.2) is 23.9 Å². The lowest BCUT2D eigenvalue weighted by molar-refractivity contribution is -0.115. The van der Waals surface area contributed by atoms with Crippen LogP contribution in [0.4, 0.5) is 11.4 Å². The number of rotatable bonds is 5. The van der Waals surface area contributed by atoms with Crippen molar-refractivity contribution in [2.45, 2.75) is 13.8 Å². The molecule has 138 valence electrons. The summed E-state index contributed by atoms with van der Waals surface area (Å²) in [6.45, 7) is 2.88. The predicted octanol–water partition coefficient (Wildman–Crippen LogP) is 4.40. The van der Waals surface area contributed by atoms with Crippen molar-refractivity contribution in [3.05, 3.63) is 47.8 Å². The van der Waals surface area contributed by atoms with Crippen LogP contribution in [0, 0.1) is 0 Å². The van der Waals surface area contributed by atoms with Gasteiger partial charge in [0.1, 0.15) is 10.8 Å². The average Bonchev–Trinajstić information content (AvgIpc) is 3.11. The standard InChI is InChI=1S/C20H19N3O3S/c1-12(24)21-15-7-8-17(18(10-15)22-13(2)25)19-11-27-20(23-19)14-5-4-6-16(9-14)26-3/h4-11H,1-3H3,(H,21,24)(H,22,25). The second kappa shape index (κ2) is 8.01. The Balaban J connectivity index is 1.99. The van der Waals surface area contributed by atoms with Crippen molar-refractivity contribution in [1.29, 1.82) is 0 Å². The summed E-state index contributed by atoms with van der Waals surface area (Å²) in [7, 11) is 1.63. The summed E-state index contributed by atoms with van der Waals surface area (Å²) < 4.78 is 5.27. The van der Waals surface area contributed by atoms with Crippen molar-refractivity contribution >= 4 is 34.5 Å². The first-order chi connectivity index (χ1) is 13.0. The molecule has 27 heavy (non-hydrogen) atoms. The van der Waals surface area contributed by atoms with Crippen LogP contribution in [-0.2, 0) is 9.59 Å². The van der Waals surface area contributed by atoms with Gasteiger partial charge < -0.3 is 15.4 Å². The van der Waals surface area contributed by atoms with Crippen molar-refractivity contribution in [3.63, 3.8) is 0 Å². The summed E-state index contributed by atoms with van der Waals surface area (Å²) in [6.07, 6.45) is 0. The third-order valence-corrected chi connectivity index (χ3v) is 4.64. The normalized spacial score (nSPS) is 10.3. The van der Waals surface area contributed by atoms with Gasteiger partial charge in [-0.05, 0) is 30.3 Å². The number of benzene rings is 2. The van der Waals surface area contributed by atoms with Crippen LogP contribution in [0.3, 0.4) is 0 Å². The zero-order valence-corrected chi connectivity index (χ0v) is 16.0. The lowest BCUT2D eigenvalue weighted by Gasteiger charge is -2.11. The Kier molecular flexibility index (Phi) is 5.52. The molecule has 0 saturated heterocycles. The molecular formula is C20H19N3O3S. The molecule has 0 saturated carbocycles. The quantitative estimate of drug-likeness (QED) is 0.686. The monoisotopic (exact) mass is 381 g/mol. The van der Waals surface area contributed by atoms with Gasteiger partial charge in [0.25, 0.3) is 0 Å². The second-order valence-corrected chi connectivity index (χ2v) is 6.75. The number of carbonyl (C=O) groups is 2. The number of carbonyl (C=O) groups excluding carboxylic acids is 2. The Hall–Kier alpha value is -3.19. The third-order valence-electron chi connectivity index (χ3n) is 3.75. The van der Waals surface area contributed by atoms with Gasteiger partial charge in [0.05, 0.1) is 18.5 Å². The van der Waals surface area contributed by atoms with E-state index in [4.69, 9.17) is 9.72 Å². The zero-order chi connectivity index (χ0) is 19.4. The van der Waals surface area contributed by atoms with Crippen molar-refractivity contribution in [2.75, 3.05) is 17.7 Å². The highest BCUT2D eigenvalue weighted by Crippen LogP contribution is 2.35. The number of nitrogens with zero attached hydrogens (tertiary/aromatic N) is 1. The summed E-state index contributed by atoms with van der Waals surface area (Å²) in [5, 5.41) is 8.31. The van der Waals surface area contributed by atoms with E-state index in [2.05, 4.69) is 10.6 Å². The molecule has 2 aromatic carbocycles. The van der Waals surface area contributed by atoms with Crippen LogP contribution in [0.25, 0.3) is 21.8 Å². The Labute approximate surface area is 161 Å². The molecule has 2 N–H and O–H groups in total. The van der Waals surface area contributed by atoms with Crippen LogP contribution in [0.2, 0.25) is 0 Å². The number of methoxy groups -OCH3 is 1. The number of hydrogen-bond donors (Lipinski definition) is 2. The van der Waals surface area contributed by atoms with E-state index >= 15 is 0 Å². The van der Waals surface area contributed by atoms with Gasteiger partial charge >= 0.3 is 0 Å². The fourth-order valence-electron chi connectivity index (χ4n) is 2.63. The largest absolute Gasteiger partial charge is 0.497 e. The maximum absolute atomic E-state index is 11.6. The smallest absolute Gasteiger partial charge is 0.221 e. The molecule has 0 bridgehead atoms. The third kappa shape index (κ3) is 4.51. The topological polar surface area (TPSA) is 80.3 Å². The molecule has 3 rings (SSSR count). The number of hydrogen-bond acceptors (Lipinski definition) is 5. The molecule has 1 aromatic heterocycles. The summed E-state index contributed by atoms with van der Waals surface area (Å²) in [4.78, 5) is 27.6. The fraction of sp³-hybridized carbons (Fsp3) is 0.150. The van der Waals surface area contributed by atoms with E-state index in [1.54, 1.807) is 19.2 Å². The molecule has 0 aliphatic carbocycles. The lowest BCUT2D eigenvalue weighted by atomic mass is 10.1. The van der Waals surface area contributed by atoms with Gasteiger partial charge in [-0.25, -0.2) is 4.98 Å². The first-order valence-electron chi connectivity index (χ1n) is 8.26. The maximum Gasteiger partial charge on any atom is 0.221 e. The number of nitrogens with one attached hydrogen (secondary N) is 2. The minimum Gasteiger partial charge on any atom is -0.497 e. The van der Waals surface area contributed by atoms with Crippen molar-refractivity contribution in [1.82, 2.24) is 4.98 Å². The van der Waals surface area contributed by atoms with Crippen LogP contribution in [0.1, 0.15) is 13.8 Å². The van der Waals surface area contributed by atoms with Gasteiger partial charge in [-0.2, -0.15) is 0 Å². The molecule has 0 aliphatic rings. The fourth-order valence-corrected chi connectivity index (χ4v) is 3.44. The van der Waals surface area contributed by atoms with Gasteiger partial charge in [0, 0.05) is 36.0 Å². The number of aromatic nitrogens is 1. The Morgan fingerprint density at radius 2 is 1.81 bits per heavy atom. The van der Waals surface area contributed by atoms with E-state index in [9.17, 15) is 9.59 Å². The van der Waals surface area contributed by atoms with Crippen LogP contribution in [0.15, 0.2) is 47.8 Å². The molecule has 0 unspecified atom stereocenters. The zero-order valence-electron chi connectivity index (χ0n) is 15.2. The number of anilines is 2. The molecular weight excluding hydrogens is 362 g/mol. The van der Waals surface area contributed by atoms with Gasteiger partial charge in [-0.15, -0.1) is 11.3 Å². The van der Waals surface area contributed by atoms with Crippen LogP contribution >= 0.6 is 11.3 Å². The molecule has 2 amide bonds. The van der Waals surface area contributed by atoms with Gasteiger partial charge in [-0.3, -0.25) is 9.59 Å². The summed E-state index contributed by atoms with van der Waals surface area (Å²) >= 11 is 1.51. The van der Waals surface area contributed by atoms with Crippen molar-refractivity contribution in [3.8, 4) is 27.6 Å². The van der Waals surface area contributed by atoms with Crippen LogP contribution in [0.5, 0.6) is 5.75 Å². The Morgan fingerprint density at radius 1 is 1.04 bits per heavy atom. The summed E-state index contributed by atoms with van der Waals surface area (Å²) in [5.41, 5.74) is 3.69. The second-order valence-electron chi connectivity index (χ2n) is 5.89. The lowest BCUT2D eigenvalue weighted by Crippen LogP contribution is -2.09. The number of amides is 2. The van der Waals surface area contributed by atoms with E-state index in [1.807, 2.05) is 35.7 Å². The molecule has 0 atom stereocenters. The summed E-state index contributed by atoms with van der Waals surface area (Å²) in [6, 6.07) is 13.0. The Morgan fingerprint density at radius 3 is 2.52 bits per heavy atom. The summed E-state index contributed by atoms with van der Waals surface area (Å²) in [5.74, 6) is 0.396. The minimum atomic E-state index is -0.195. The van der Waals surface area contributed by atoms with Gasteiger partial charge in [0.2, 0.25) is 11.8 Å². The molecule has 3 aromatic rings. The van der Waals surface area contributed by atoms with E-state index in [-0.39, 0.29) is 11.8 Å².